The van der Waals surface area contributed by atoms with Crippen LogP contribution in [0.25, 0.3) is 0 Å². The minimum Gasteiger partial charge on any atom is -0.857 e. The molecule has 25 heavy (non-hydrogen) atoms. The number of aliphatic imine (C=N–C) groups is 1. The Hall–Kier alpha value is -2.38. The van der Waals surface area contributed by atoms with Gasteiger partial charge < -0.3 is 21.1 Å². The van der Waals surface area contributed by atoms with E-state index in [2.05, 4.69) is 48.2 Å². The van der Waals surface area contributed by atoms with E-state index < -0.39 is 5.90 Å². The fraction of sp³-hybridized carbons (Fsp3) is 0.353. The average molecular weight is 363 g/mol. The minimum absolute atomic E-state index is 0.0102. The number of hydrogen-bond donors (Lipinski definition) is 2. The third kappa shape index (κ3) is 5.04. The van der Waals surface area contributed by atoms with Crippen LogP contribution in [0.2, 0.25) is 5.15 Å². The van der Waals surface area contributed by atoms with Crippen LogP contribution in [0.3, 0.4) is 0 Å². The van der Waals surface area contributed by atoms with Crippen molar-refractivity contribution in [2.45, 2.75) is 12.5 Å². The summed E-state index contributed by atoms with van der Waals surface area (Å²) < 4.78 is 0.662. The van der Waals surface area contributed by atoms with Gasteiger partial charge in [-0.15, -0.1) is 0 Å². The molecule has 1 atom stereocenters. The Kier molecular flexibility index (Phi) is 5.81. The zero-order valence-electron chi connectivity index (χ0n) is 14.6. The van der Waals surface area contributed by atoms with E-state index in [-0.39, 0.29) is 28.5 Å². The van der Waals surface area contributed by atoms with Crippen LogP contribution in [-0.4, -0.2) is 54.1 Å². The number of rotatable bonds is 6. The lowest BCUT2D eigenvalue weighted by Crippen LogP contribution is -2.48. The number of benzene rings is 1. The molecule has 1 heterocycles. The first kappa shape index (κ1) is 19.0. The molecule has 7 nitrogen and oxygen atoms in total. The van der Waals surface area contributed by atoms with Gasteiger partial charge in [-0.2, -0.15) is 0 Å². The molecule has 0 saturated heterocycles. The molecule has 0 radical (unpaired) electrons. The van der Waals surface area contributed by atoms with Crippen molar-refractivity contribution in [2.24, 2.45) is 4.99 Å². The van der Waals surface area contributed by atoms with E-state index in [1.165, 1.54) is 5.56 Å². The largest absolute Gasteiger partial charge is 0.857 e. The number of likely N-dealkylation sites (N-methyl/N-ethyl adjacent to an activating group) is 1. The molecule has 0 aliphatic rings. The summed E-state index contributed by atoms with van der Waals surface area (Å²) >= 11 is 5.82. The van der Waals surface area contributed by atoms with Crippen molar-refractivity contribution in [3.63, 3.8) is 0 Å². The highest BCUT2D eigenvalue weighted by Crippen LogP contribution is 2.17. The molecule has 2 rings (SSSR count). The summed E-state index contributed by atoms with van der Waals surface area (Å²) in [5.41, 5.74) is 12.4. The Balaban J connectivity index is 2.21. The van der Waals surface area contributed by atoms with Crippen LogP contribution in [-0.2, 0) is 6.42 Å². The van der Waals surface area contributed by atoms with Crippen molar-refractivity contribution in [3.05, 3.63) is 46.7 Å². The van der Waals surface area contributed by atoms with Crippen molar-refractivity contribution in [3.8, 4) is 0 Å². The normalized spacial score (nSPS) is 13.7. The number of nitrogens with zero attached hydrogens (tertiary/aromatic N) is 4. The van der Waals surface area contributed by atoms with Crippen molar-refractivity contribution in [2.75, 3.05) is 39.2 Å². The lowest BCUT2D eigenvalue weighted by atomic mass is 10.0. The minimum atomic E-state index is -0.543. The standard InChI is InChI=1S/C17H23ClN6O/c1-24(2,3)12(9-11-7-5-4-6-8-11)10-21-17(25)13-15(19)23-16(20)14(18)22-13/h4-8,12H,9-10H2,1-3H3,(H4-,19,20,21,23,25)/t12-/m0/s1. The molecule has 0 spiro atoms. The Morgan fingerprint density at radius 1 is 1.16 bits per heavy atom. The molecule has 1 aromatic carbocycles. The Morgan fingerprint density at radius 2 is 1.80 bits per heavy atom. The summed E-state index contributed by atoms with van der Waals surface area (Å²) in [6, 6.07) is 10.2. The number of halogens is 1. The topological polar surface area (TPSA) is 113 Å². The van der Waals surface area contributed by atoms with Gasteiger partial charge in [-0.05, 0) is 5.56 Å². The van der Waals surface area contributed by atoms with Gasteiger partial charge in [-0.25, -0.2) is 9.97 Å². The maximum absolute atomic E-state index is 12.4. The van der Waals surface area contributed by atoms with Crippen molar-refractivity contribution in [1.29, 1.82) is 0 Å². The molecule has 0 bridgehead atoms. The summed E-state index contributed by atoms with van der Waals surface area (Å²) in [4.78, 5) is 11.9. The highest BCUT2D eigenvalue weighted by Gasteiger charge is 2.23. The zero-order chi connectivity index (χ0) is 18.6. The van der Waals surface area contributed by atoms with Gasteiger partial charge in [0.1, 0.15) is 11.7 Å². The molecular formula is C17H23ClN6O. The van der Waals surface area contributed by atoms with Gasteiger partial charge in [-0.3, -0.25) is 4.99 Å². The van der Waals surface area contributed by atoms with Gasteiger partial charge in [0.15, 0.2) is 16.8 Å². The lowest BCUT2D eigenvalue weighted by molar-refractivity contribution is -0.894. The highest BCUT2D eigenvalue weighted by atomic mass is 35.5. The van der Waals surface area contributed by atoms with E-state index in [0.717, 1.165) is 6.42 Å². The number of nitrogens with two attached hydrogens (primary N) is 2. The zero-order valence-corrected chi connectivity index (χ0v) is 15.4. The summed E-state index contributed by atoms with van der Waals surface area (Å²) in [5, 5.41) is 12.3. The third-order valence-electron chi connectivity index (χ3n) is 3.96. The molecule has 0 saturated carbocycles. The Bertz CT molecular complexity index is 758. The van der Waals surface area contributed by atoms with E-state index >= 15 is 0 Å². The van der Waals surface area contributed by atoms with Crippen LogP contribution in [0.15, 0.2) is 35.3 Å². The van der Waals surface area contributed by atoms with Crippen LogP contribution in [0, 0.1) is 0 Å². The van der Waals surface area contributed by atoms with Crippen LogP contribution in [0.5, 0.6) is 0 Å². The van der Waals surface area contributed by atoms with Crippen molar-refractivity contribution < 1.29 is 9.59 Å². The first-order chi connectivity index (χ1) is 11.7. The number of quaternary nitrogens is 1. The molecule has 4 N–H and O–H groups in total. The molecule has 0 amide bonds. The summed E-state index contributed by atoms with van der Waals surface area (Å²) in [7, 11) is 6.21. The number of anilines is 2. The van der Waals surface area contributed by atoms with Gasteiger partial charge in [-0.1, -0.05) is 41.9 Å². The molecule has 0 aliphatic heterocycles. The number of aromatic nitrogens is 2. The molecule has 134 valence electrons. The van der Waals surface area contributed by atoms with Gasteiger partial charge in [0.2, 0.25) is 0 Å². The van der Waals surface area contributed by atoms with Gasteiger partial charge in [0.05, 0.1) is 27.7 Å². The van der Waals surface area contributed by atoms with Crippen LogP contribution >= 0.6 is 11.6 Å². The molecule has 0 unspecified atom stereocenters. The molecule has 2 aromatic rings. The predicted molar refractivity (Wildman–Crippen MR) is 99.2 cm³/mol. The third-order valence-corrected chi connectivity index (χ3v) is 4.24. The van der Waals surface area contributed by atoms with E-state index in [4.69, 9.17) is 23.1 Å². The number of nitrogen functional groups attached to an aromatic ring is 2. The maximum Gasteiger partial charge on any atom is 0.172 e. The molecule has 1 aromatic heterocycles. The van der Waals surface area contributed by atoms with Crippen molar-refractivity contribution >= 4 is 29.1 Å². The van der Waals surface area contributed by atoms with Gasteiger partial charge >= 0.3 is 0 Å². The smallest absolute Gasteiger partial charge is 0.172 e. The lowest BCUT2D eigenvalue weighted by Gasteiger charge is -2.34. The molecule has 8 heteroatoms. The molecule has 0 aliphatic carbocycles. The fourth-order valence-corrected chi connectivity index (χ4v) is 2.46. The van der Waals surface area contributed by atoms with Gasteiger partial charge in [0, 0.05) is 12.3 Å². The van der Waals surface area contributed by atoms with Gasteiger partial charge in [0.25, 0.3) is 0 Å². The second-order valence-electron chi connectivity index (χ2n) is 6.74. The first-order valence-electron chi connectivity index (χ1n) is 7.84. The SMILES string of the molecule is C[N+](C)(C)[C@H](CN=C([O-])c1nc(Cl)c(N)nc1N)Cc1ccccc1. The summed E-state index contributed by atoms with van der Waals surface area (Å²) in [6.07, 6.45) is 0.796. The molecular weight excluding hydrogens is 340 g/mol. The summed E-state index contributed by atoms with van der Waals surface area (Å²) in [5.74, 6) is -0.622. The Labute approximate surface area is 152 Å². The number of hydrogen-bond acceptors (Lipinski definition) is 6. The van der Waals surface area contributed by atoms with E-state index in [1.807, 2.05) is 18.2 Å². The van der Waals surface area contributed by atoms with E-state index in [1.54, 1.807) is 0 Å². The quantitative estimate of drug-likeness (QED) is 0.446. The average Bonchev–Trinajstić information content (AvgIpc) is 2.54. The first-order valence-corrected chi connectivity index (χ1v) is 8.21. The monoisotopic (exact) mass is 362 g/mol. The Morgan fingerprint density at radius 3 is 2.40 bits per heavy atom. The predicted octanol–water partition coefficient (Wildman–Crippen LogP) is 0.719. The summed E-state index contributed by atoms with van der Waals surface area (Å²) in [6.45, 7) is 0.334. The maximum atomic E-state index is 12.4. The van der Waals surface area contributed by atoms with E-state index in [0.29, 0.717) is 11.0 Å². The second-order valence-corrected chi connectivity index (χ2v) is 7.10. The van der Waals surface area contributed by atoms with E-state index in [9.17, 15) is 5.11 Å². The van der Waals surface area contributed by atoms with Crippen molar-refractivity contribution in [1.82, 2.24) is 9.97 Å². The molecule has 0 fully saturated rings. The highest BCUT2D eigenvalue weighted by molar-refractivity contribution is 6.31. The van der Waals surface area contributed by atoms with Crippen LogP contribution < -0.4 is 16.6 Å². The van der Waals surface area contributed by atoms with Crippen LogP contribution in [0.4, 0.5) is 11.6 Å². The van der Waals surface area contributed by atoms with Crippen LogP contribution in [0.1, 0.15) is 11.3 Å². The fourth-order valence-electron chi connectivity index (χ4n) is 2.33. The second kappa shape index (κ2) is 7.67.